The summed E-state index contributed by atoms with van der Waals surface area (Å²) >= 11 is 6.88. The van der Waals surface area contributed by atoms with Crippen LogP contribution in [0.15, 0.2) is 27.1 Å². The van der Waals surface area contributed by atoms with Gasteiger partial charge in [-0.1, -0.05) is 38.3 Å². The maximum Gasteiger partial charge on any atom is 0.303 e. The van der Waals surface area contributed by atoms with E-state index in [0.29, 0.717) is 6.42 Å². The van der Waals surface area contributed by atoms with Crippen LogP contribution in [0.1, 0.15) is 37.3 Å². The second-order valence-electron chi connectivity index (χ2n) is 3.91. The highest BCUT2D eigenvalue weighted by Crippen LogP contribution is 2.28. The first-order valence-corrected chi connectivity index (χ1v) is 7.01. The molecule has 1 atom stereocenters. The van der Waals surface area contributed by atoms with Crippen molar-refractivity contribution in [2.75, 3.05) is 0 Å². The third kappa shape index (κ3) is 5.19. The van der Waals surface area contributed by atoms with E-state index in [-0.39, 0.29) is 12.5 Å². The number of aliphatic carboxylic acids is 1. The molecule has 17 heavy (non-hydrogen) atoms. The van der Waals surface area contributed by atoms with Crippen LogP contribution in [0.3, 0.4) is 0 Å². The summed E-state index contributed by atoms with van der Waals surface area (Å²) < 4.78 is 1.99. The minimum atomic E-state index is -0.748. The largest absolute Gasteiger partial charge is 0.481 e. The molecule has 1 rings (SSSR count). The molecule has 0 saturated carbocycles. The Hall–Kier alpha value is -0.390. The first-order chi connectivity index (χ1) is 8.00. The van der Waals surface area contributed by atoms with Crippen molar-refractivity contribution < 1.29 is 9.90 Å². The Bertz CT molecular complexity index is 396. The van der Waals surface area contributed by atoms with Crippen LogP contribution in [-0.2, 0) is 4.79 Å². The van der Waals surface area contributed by atoms with E-state index in [4.69, 9.17) is 10.8 Å². The Labute approximate surface area is 118 Å². The number of nitrogens with two attached hydrogens (primary N) is 1. The minimum absolute atomic E-state index is 0.0596. The average molecular weight is 365 g/mol. The van der Waals surface area contributed by atoms with E-state index in [1.807, 2.05) is 18.2 Å². The van der Waals surface area contributed by atoms with Crippen molar-refractivity contribution in [1.29, 1.82) is 0 Å². The Kier molecular flexibility index (Phi) is 6.16. The molecule has 94 valence electrons. The minimum Gasteiger partial charge on any atom is -0.481 e. The Morgan fingerprint density at radius 3 is 2.71 bits per heavy atom. The molecule has 3 nitrogen and oxygen atoms in total. The molecule has 0 aliphatic carbocycles. The molecule has 1 aromatic rings. The van der Waals surface area contributed by atoms with Gasteiger partial charge in [-0.25, -0.2) is 0 Å². The highest BCUT2D eigenvalue weighted by atomic mass is 79.9. The normalized spacial score (nSPS) is 12.4. The predicted octanol–water partition coefficient (Wildman–Crippen LogP) is 3.86. The molecule has 1 unspecified atom stereocenters. The van der Waals surface area contributed by atoms with Crippen LogP contribution < -0.4 is 5.73 Å². The average Bonchev–Trinajstić information content (AvgIpc) is 2.27. The molecule has 0 bridgehead atoms. The van der Waals surface area contributed by atoms with E-state index in [9.17, 15) is 4.79 Å². The van der Waals surface area contributed by atoms with Crippen molar-refractivity contribution >= 4 is 37.8 Å². The zero-order chi connectivity index (χ0) is 12.8. The van der Waals surface area contributed by atoms with Crippen molar-refractivity contribution in [1.82, 2.24) is 0 Å². The van der Waals surface area contributed by atoms with Crippen LogP contribution in [0, 0.1) is 0 Å². The summed E-state index contributed by atoms with van der Waals surface area (Å²) in [5, 5.41) is 8.53. The second kappa shape index (κ2) is 7.13. The van der Waals surface area contributed by atoms with Crippen LogP contribution in [-0.4, -0.2) is 11.1 Å². The Morgan fingerprint density at radius 2 is 2.06 bits per heavy atom. The summed E-state index contributed by atoms with van der Waals surface area (Å²) in [7, 11) is 0. The first kappa shape index (κ1) is 14.7. The smallest absolute Gasteiger partial charge is 0.303 e. The molecule has 0 saturated heterocycles. The fraction of sp³-hybridized carbons (Fsp3) is 0.417. The molecular formula is C12H15Br2NO2. The van der Waals surface area contributed by atoms with Crippen molar-refractivity contribution in [3.8, 4) is 0 Å². The number of hydrogen-bond acceptors (Lipinski definition) is 2. The molecule has 0 heterocycles. The van der Waals surface area contributed by atoms with Gasteiger partial charge in [-0.2, -0.15) is 0 Å². The number of rotatable bonds is 6. The second-order valence-corrected chi connectivity index (χ2v) is 5.68. The van der Waals surface area contributed by atoms with Crippen molar-refractivity contribution in [2.45, 2.75) is 31.7 Å². The van der Waals surface area contributed by atoms with Gasteiger partial charge in [-0.15, -0.1) is 0 Å². The molecule has 0 aliphatic heterocycles. The maximum atomic E-state index is 10.4. The molecular weight excluding hydrogens is 350 g/mol. The van der Waals surface area contributed by atoms with E-state index in [2.05, 4.69) is 31.9 Å². The van der Waals surface area contributed by atoms with E-state index in [1.54, 1.807) is 0 Å². The highest BCUT2D eigenvalue weighted by molar-refractivity contribution is 9.11. The van der Waals surface area contributed by atoms with E-state index in [1.165, 1.54) is 0 Å². The van der Waals surface area contributed by atoms with Gasteiger partial charge >= 0.3 is 5.97 Å². The lowest BCUT2D eigenvalue weighted by Crippen LogP contribution is -2.11. The molecule has 0 aromatic heterocycles. The molecule has 5 heteroatoms. The predicted molar refractivity (Wildman–Crippen MR) is 74.9 cm³/mol. The van der Waals surface area contributed by atoms with Crippen LogP contribution in [0.25, 0.3) is 0 Å². The number of hydrogen-bond donors (Lipinski definition) is 2. The Balaban J connectivity index is 2.49. The topological polar surface area (TPSA) is 63.3 Å². The lowest BCUT2D eigenvalue weighted by molar-refractivity contribution is -0.137. The monoisotopic (exact) mass is 363 g/mol. The van der Waals surface area contributed by atoms with Gasteiger partial charge in [0.25, 0.3) is 0 Å². The van der Waals surface area contributed by atoms with Gasteiger partial charge < -0.3 is 10.8 Å². The summed E-state index contributed by atoms with van der Waals surface area (Å²) in [5.74, 6) is -0.748. The SMILES string of the molecule is NC(CCCCC(=O)O)c1cc(Br)ccc1Br. The van der Waals surface area contributed by atoms with Gasteiger partial charge in [-0.3, -0.25) is 4.79 Å². The number of carbonyl (C=O) groups is 1. The van der Waals surface area contributed by atoms with E-state index >= 15 is 0 Å². The maximum absolute atomic E-state index is 10.4. The molecule has 0 spiro atoms. The van der Waals surface area contributed by atoms with E-state index < -0.39 is 5.97 Å². The summed E-state index contributed by atoms with van der Waals surface area (Å²) in [6.45, 7) is 0. The van der Waals surface area contributed by atoms with Gasteiger partial charge in [0.15, 0.2) is 0 Å². The summed E-state index contributed by atoms with van der Waals surface area (Å²) in [5.41, 5.74) is 7.13. The van der Waals surface area contributed by atoms with E-state index in [0.717, 1.165) is 27.4 Å². The molecule has 0 fully saturated rings. The first-order valence-electron chi connectivity index (χ1n) is 5.43. The number of benzene rings is 1. The van der Waals surface area contributed by atoms with Crippen LogP contribution >= 0.6 is 31.9 Å². The van der Waals surface area contributed by atoms with Crippen molar-refractivity contribution in [3.05, 3.63) is 32.7 Å². The fourth-order valence-electron chi connectivity index (χ4n) is 1.59. The van der Waals surface area contributed by atoms with Gasteiger partial charge in [0, 0.05) is 21.4 Å². The van der Waals surface area contributed by atoms with Crippen molar-refractivity contribution in [2.24, 2.45) is 5.73 Å². The summed E-state index contributed by atoms with van der Waals surface area (Å²) in [4.78, 5) is 10.4. The lowest BCUT2D eigenvalue weighted by atomic mass is 10.0. The van der Waals surface area contributed by atoms with Gasteiger partial charge in [-0.05, 0) is 36.6 Å². The third-order valence-electron chi connectivity index (χ3n) is 2.51. The number of halogens is 2. The molecule has 0 aliphatic rings. The zero-order valence-electron chi connectivity index (χ0n) is 9.33. The summed E-state index contributed by atoms with van der Waals surface area (Å²) in [6, 6.07) is 5.84. The van der Waals surface area contributed by atoms with Gasteiger partial charge in [0.05, 0.1) is 0 Å². The van der Waals surface area contributed by atoms with Crippen LogP contribution in [0.4, 0.5) is 0 Å². The standard InChI is InChI=1S/C12H15Br2NO2/c13-8-5-6-10(14)9(7-8)11(15)3-1-2-4-12(16)17/h5-7,11H,1-4,15H2,(H,16,17). The highest BCUT2D eigenvalue weighted by Gasteiger charge is 2.10. The molecule has 1 aromatic carbocycles. The molecule has 0 radical (unpaired) electrons. The Morgan fingerprint density at radius 1 is 1.35 bits per heavy atom. The molecule has 3 N–H and O–H groups in total. The third-order valence-corrected chi connectivity index (χ3v) is 3.73. The number of carboxylic acids is 1. The zero-order valence-corrected chi connectivity index (χ0v) is 12.5. The van der Waals surface area contributed by atoms with Crippen LogP contribution in [0.5, 0.6) is 0 Å². The fourth-order valence-corrected chi connectivity index (χ4v) is 2.51. The number of carboxylic acid groups (broad SMARTS) is 1. The quantitative estimate of drug-likeness (QED) is 0.753. The van der Waals surface area contributed by atoms with Crippen LogP contribution in [0.2, 0.25) is 0 Å². The van der Waals surface area contributed by atoms with Crippen molar-refractivity contribution in [3.63, 3.8) is 0 Å². The lowest BCUT2D eigenvalue weighted by Gasteiger charge is -2.14. The van der Waals surface area contributed by atoms with Gasteiger partial charge in [0.2, 0.25) is 0 Å². The number of unbranched alkanes of at least 4 members (excludes halogenated alkanes) is 1. The van der Waals surface area contributed by atoms with Gasteiger partial charge in [0.1, 0.15) is 0 Å². The molecule has 0 amide bonds. The summed E-state index contributed by atoms with van der Waals surface area (Å²) in [6.07, 6.45) is 2.51.